The predicted octanol–water partition coefficient (Wildman–Crippen LogP) is 4.03. The Balaban J connectivity index is 0.999. The summed E-state index contributed by atoms with van der Waals surface area (Å²) >= 11 is 0. The minimum atomic E-state index is -0.276. The van der Waals surface area contributed by atoms with E-state index in [9.17, 15) is 9.59 Å². The van der Waals surface area contributed by atoms with Crippen LogP contribution in [-0.4, -0.2) is 42.4 Å². The number of rotatable bonds is 7. The number of nitrogens with one attached hydrogen (secondary N) is 2. The van der Waals surface area contributed by atoms with Crippen LogP contribution >= 0.6 is 0 Å². The van der Waals surface area contributed by atoms with Crippen LogP contribution in [0.25, 0.3) is 0 Å². The first-order valence-electron chi connectivity index (χ1n) is 13.4. The van der Waals surface area contributed by atoms with Crippen LogP contribution in [0.5, 0.6) is 0 Å². The number of hydrogen-bond donors (Lipinski definition) is 2. The highest BCUT2D eigenvalue weighted by Crippen LogP contribution is 2.70. The average Bonchev–Trinajstić information content (AvgIpc) is 3.28. The topological polar surface area (TPSA) is 61.4 Å². The first kappa shape index (κ1) is 22.8. The summed E-state index contributed by atoms with van der Waals surface area (Å²) in [5.74, 6) is 1.17. The molecular formula is C30H37N3O2. The van der Waals surface area contributed by atoms with E-state index in [4.69, 9.17) is 0 Å². The number of carbonyl (C=O) groups excluding carboxylic acids is 2. The Morgan fingerprint density at radius 2 is 1.63 bits per heavy atom. The van der Waals surface area contributed by atoms with Gasteiger partial charge in [0, 0.05) is 25.7 Å². The van der Waals surface area contributed by atoms with Gasteiger partial charge in [-0.15, -0.1) is 0 Å². The van der Waals surface area contributed by atoms with E-state index in [1.807, 2.05) is 6.07 Å². The molecule has 4 saturated carbocycles. The maximum Gasteiger partial charge on any atom is 0.239 e. The van der Waals surface area contributed by atoms with Gasteiger partial charge in [0.25, 0.3) is 0 Å². The van der Waals surface area contributed by atoms with Gasteiger partial charge in [-0.25, -0.2) is 0 Å². The summed E-state index contributed by atoms with van der Waals surface area (Å²) in [5, 5.41) is 6.24. The molecule has 5 fully saturated rings. The SMILES string of the molecule is O=C(CNC(=O)C12CC3CC1CC(c1ccccc1)(C3)C2)NC1CCN(Cc2ccccc2)CC1. The molecule has 4 atom stereocenters. The second-order valence-electron chi connectivity index (χ2n) is 11.7. The van der Waals surface area contributed by atoms with E-state index in [1.165, 1.54) is 24.0 Å². The van der Waals surface area contributed by atoms with Crippen LogP contribution in [0, 0.1) is 17.3 Å². The van der Waals surface area contributed by atoms with Crippen molar-refractivity contribution in [2.45, 2.75) is 62.9 Å². The van der Waals surface area contributed by atoms with E-state index in [0.717, 1.165) is 51.7 Å². The average molecular weight is 472 g/mol. The molecule has 2 amide bonds. The molecule has 1 aliphatic heterocycles. The summed E-state index contributed by atoms with van der Waals surface area (Å²) in [6.45, 7) is 3.03. The van der Waals surface area contributed by atoms with Crippen LogP contribution in [0.3, 0.4) is 0 Å². The van der Waals surface area contributed by atoms with Gasteiger partial charge in [0.05, 0.1) is 12.0 Å². The van der Waals surface area contributed by atoms with Crippen molar-refractivity contribution in [3.63, 3.8) is 0 Å². The van der Waals surface area contributed by atoms with Crippen molar-refractivity contribution in [2.24, 2.45) is 17.3 Å². The second kappa shape index (κ2) is 9.09. The molecule has 5 heteroatoms. The maximum absolute atomic E-state index is 13.5. The lowest BCUT2D eigenvalue weighted by Crippen LogP contribution is -2.50. The number of piperidine rings is 1. The fourth-order valence-corrected chi connectivity index (χ4v) is 8.08. The molecule has 0 radical (unpaired) electrons. The number of benzene rings is 2. The Kier molecular flexibility index (Phi) is 5.92. The standard InChI is InChI=1S/C30H37N3O2/c34-27(32-26-11-13-33(14-12-26)20-22-7-3-1-4-8-22)19-31-28(35)30-17-23-15-25(30)18-29(16-23,21-30)24-9-5-2-6-10-24/h1-10,23,25-26H,11-21H2,(H,31,35)(H,32,34). The molecule has 1 saturated heterocycles. The molecule has 1 heterocycles. The molecule has 0 aromatic heterocycles. The van der Waals surface area contributed by atoms with E-state index in [2.05, 4.69) is 70.1 Å². The molecule has 184 valence electrons. The van der Waals surface area contributed by atoms with Crippen LogP contribution in [-0.2, 0) is 21.5 Å². The second-order valence-corrected chi connectivity index (χ2v) is 11.7. The van der Waals surface area contributed by atoms with Crippen molar-refractivity contribution in [2.75, 3.05) is 19.6 Å². The highest BCUT2D eigenvalue weighted by Gasteiger charge is 2.67. The van der Waals surface area contributed by atoms with Gasteiger partial charge in [0.15, 0.2) is 0 Å². The molecule has 2 aromatic rings. The predicted molar refractivity (Wildman–Crippen MR) is 137 cm³/mol. The van der Waals surface area contributed by atoms with Crippen molar-refractivity contribution in [1.82, 2.24) is 15.5 Å². The Morgan fingerprint density at radius 3 is 2.37 bits per heavy atom. The Bertz CT molecular complexity index is 1070. The van der Waals surface area contributed by atoms with Gasteiger partial charge in [-0.05, 0) is 73.3 Å². The maximum atomic E-state index is 13.5. The number of hydrogen-bond acceptors (Lipinski definition) is 3. The van der Waals surface area contributed by atoms with E-state index >= 15 is 0 Å². The van der Waals surface area contributed by atoms with Crippen molar-refractivity contribution < 1.29 is 9.59 Å². The van der Waals surface area contributed by atoms with Crippen LogP contribution in [0.1, 0.15) is 56.1 Å². The number of carbonyl (C=O) groups is 2. The third-order valence-electron chi connectivity index (χ3n) is 9.47. The smallest absolute Gasteiger partial charge is 0.239 e. The van der Waals surface area contributed by atoms with E-state index in [1.54, 1.807) is 0 Å². The van der Waals surface area contributed by atoms with Gasteiger partial charge in [-0.1, -0.05) is 60.7 Å². The van der Waals surface area contributed by atoms with Gasteiger partial charge in [-0.3, -0.25) is 14.5 Å². The normalized spacial score (nSPS) is 32.0. The van der Waals surface area contributed by atoms with Gasteiger partial charge >= 0.3 is 0 Å². The zero-order valence-corrected chi connectivity index (χ0v) is 20.5. The van der Waals surface area contributed by atoms with Crippen molar-refractivity contribution in [3.8, 4) is 0 Å². The van der Waals surface area contributed by atoms with Gasteiger partial charge in [0.2, 0.25) is 11.8 Å². The quantitative estimate of drug-likeness (QED) is 0.641. The lowest BCUT2D eigenvalue weighted by atomic mass is 9.63. The molecule has 0 spiro atoms. The van der Waals surface area contributed by atoms with E-state index in [-0.39, 0.29) is 35.2 Å². The highest BCUT2D eigenvalue weighted by atomic mass is 16.2. The molecule has 2 N–H and O–H groups in total. The Morgan fingerprint density at radius 1 is 0.914 bits per heavy atom. The summed E-state index contributed by atoms with van der Waals surface area (Å²) in [6, 6.07) is 21.6. The van der Waals surface area contributed by atoms with Crippen LogP contribution in [0.4, 0.5) is 0 Å². The van der Waals surface area contributed by atoms with E-state index in [0.29, 0.717) is 11.8 Å². The van der Waals surface area contributed by atoms with Crippen molar-refractivity contribution >= 4 is 11.8 Å². The lowest BCUT2D eigenvalue weighted by Gasteiger charge is -2.41. The lowest BCUT2D eigenvalue weighted by molar-refractivity contribution is -0.135. The third kappa shape index (κ3) is 4.29. The molecule has 2 aromatic carbocycles. The van der Waals surface area contributed by atoms with Gasteiger partial charge in [0.1, 0.15) is 0 Å². The van der Waals surface area contributed by atoms with Crippen molar-refractivity contribution in [3.05, 3.63) is 71.8 Å². The summed E-state index contributed by atoms with van der Waals surface area (Å²) in [4.78, 5) is 28.7. The van der Waals surface area contributed by atoms with Crippen LogP contribution in [0.15, 0.2) is 60.7 Å². The molecule has 4 unspecified atom stereocenters. The summed E-state index contributed by atoms with van der Waals surface area (Å²) < 4.78 is 0. The fourth-order valence-electron chi connectivity index (χ4n) is 8.08. The molecule has 5 nitrogen and oxygen atoms in total. The molecule has 35 heavy (non-hydrogen) atoms. The largest absolute Gasteiger partial charge is 0.352 e. The van der Waals surface area contributed by atoms with E-state index < -0.39 is 0 Å². The first-order valence-corrected chi connectivity index (χ1v) is 13.4. The summed E-state index contributed by atoms with van der Waals surface area (Å²) in [5.41, 5.74) is 2.61. The molecule has 7 rings (SSSR count). The fraction of sp³-hybridized carbons (Fsp3) is 0.533. The number of nitrogens with zero attached hydrogens (tertiary/aromatic N) is 1. The number of likely N-dealkylation sites (tertiary alicyclic amines) is 1. The summed E-state index contributed by atoms with van der Waals surface area (Å²) in [7, 11) is 0. The minimum Gasteiger partial charge on any atom is -0.352 e. The molecular weight excluding hydrogens is 434 g/mol. The van der Waals surface area contributed by atoms with Crippen LogP contribution in [0.2, 0.25) is 0 Å². The number of amides is 2. The Hall–Kier alpha value is -2.66. The first-order chi connectivity index (χ1) is 17.0. The summed E-state index contributed by atoms with van der Waals surface area (Å²) in [6.07, 6.45) is 7.37. The minimum absolute atomic E-state index is 0.0493. The Labute approximate surface area is 208 Å². The van der Waals surface area contributed by atoms with Gasteiger partial charge in [-0.2, -0.15) is 0 Å². The van der Waals surface area contributed by atoms with Crippen LogP contribution < -0.4 is 10.6 Å². The zero-order valence-electron chi connectivity index (χ0n) is 20.5. The monoisotopic (exact) mass is 471 g/mol. The van der Waals surface area contributed by atoms with Gasteiger partial charge < -0.3 is 10.6 Å². The molecule has 4 aliphatic carbocycles. The molecule has 5 aliphatic rings. The molecule has 4 bridgehead atoms. The van der Waals surface area contributed by atoms with Crippen molar-refractivity contribution in [1.29, 1.82) is 0 Å². The highest BCUT2D eigenvalue weighted by molar-refractivity contribution is 5.89. The third-order valence-corrected chi connectivity index (χ3v) is 9.47. The zero-order chi connectivity index (χ0) is 23.9.